The molecule has 0 fully saturated rings. The number of Topliss-reactive ketones (excluding diaryl/α,β-unsaturated/α-hetero) is 1. The summed E-state index contributed by atoms with van der Waals surface area (Å²) in [5.41, 5.74) is 11.2. The lowest BCUT2D eigenvalue weighted by molar-refractivity contribution is -0.128. The van der Waals surface area contributed by atoms with Crippen LogP contribution in [0.1, 0.15) is 114 Å². The van der Waals surface area contributed by atoms with Gasteiger partial charge in [0.25, 0.3) is 0 Å². The van der Waals surface area contributed by atoms with Gasteiger partial charge in [-0.2, -0.15) is 0 Å². The van der Waals surface area contributed by atoms with Gasteiger partial charge in [-0.05, 0) is 94.5 Å². The number of hydrogen-bond acceptors (Lipinski definition) is 9. The molecule has 2 aromatic carbocycles. The van der Waals surface area contributed by atoms with E-state index in [1.54, 1.807) is 45.3 Å². The number of nitrogens with one attached hydrogen (secondary N) is 1. The van der Waals surface area contributed by atoms with Gasteiger partial charge in [-0.3, -0.25) is 24.7 Å². The van der Waals surface area contributed by atoms with E-state index >= 15 is 0 Å². The molecule has 0 radical (unpaired) electrons. The minimum Gasteiger partial charge on any atom is -0.444 e. The molecule has 0 atom stereocenters. The van der Waals surface area contributed by atoms with Gasteiger partial charge in [0.05, 0.1) is 11.4 Å². The number of hydrogen-bond donors (Lipinski definition) is 2. The van der Waals surface area contributed by atoms with Gasteiger partial charge >= 0.3 is 6.09 Å². The highest BCUT2D eigenvalue weighted by Gasteiger charge is 2.25. The molecular formula is C46H58BrN7O5. The SMILES string of the molecule is CCCN(CCC)C(=O)C1=Cc2ccc(Br)cc2N=C(NC(=O)OC(C)(C)C)C1.CCCN(CCC)C(=O)C1=Cc2ccc(CC(=O)c3cccnc3)cc2N=C(N)C1. The minimum absolute atomic E-state index is 0.00481. The number of carbonyl (C=O) groups is 4. The summed E-state index contributed by atoms with van der Waals surface area (Å²) in [5.74, 6) is 0.777. The van der Waals surface area contributed by atoms with Crippen molar-refractivity contribution < 1.29 is 23.9 Å². The number of nitrogens with two attached hydrogens (primary N) is 1. The van der Waals surface area contributed by atoms with Crippen molar-refractivity contribution in [1.29, 1.82) is 0 Å². The maximum Gasteiger partial charge on any atom is 0.413 e. The quantitative estimate of drug-likeness (QED) is 0.162. The van der Waals surface area contributed by atoms with Crippen molar-refractivity contribution >= 4 is 74.8 Å². The van der Waals surface area contributed by atoms with Crippen LogP contribution in [0.15, 0.2) is 86.5 Å². The van der Waals surface area contributed by atoms with Crippen LogP contribution in [0.2, 0.25) is 0 Å². The van der Waals surface area contributed by atoms with Gasteiger partial charge in [-0.25, -0.2) is 14.8 Å². The van der Waals surface area contributed by atoms with Crippen molar-refractivity contribution in [1.82, 2.24) is 20.1 Å². The van der Waals surface area contributed by atoms with E-state index in [2.05, 4.69) is 63.9 Å². The fourth-order valence-corrected chi connectivity index (χ4v) is 6.93. The molecule has 59 heavy (non-hydrogen) atoms. The molecule has 3 heterocycles. The van der Waals surface area contributed by atoms with Gasteiger partial charge in [-0.1, -0.05) is 61.8 Å². The summed E-state index contributed by atoms with van der Waals surface area (Å²) >= 11 is 3.46. The number of amidine groups is 2. The second-order valence-electron chi connectivity index (χ2n) is 15.5. The maximum absolute atomic E-state index is 13.2. The molecule has 3 aromatic rings. The van der Waals surface area contributed by atoms with Gasteiger partial charge in [0.1, 0.15) is 17.3 Å². The Kier molecular flexibility index (Phi) is 17.3. The summed E-state index contributed by atoms with van der Waals surface area (Å²) in [6, 6.07) is 14.9. The highest BCUT2D eigenvalue weighted by atomic mass is 79.9. The van der Waals surface area contributed by atoms with Crippen molar-refractivity contribution in [3.8, 4) is 0 Å². The van der Waals surface area contributed by atoms with E-state index in [1.165, 1.54) is 0 Å². The molecule has 0 spiro atoms. The Hall–Kier alpha value is -5.43. The number of benzene rings is 2. The number of alkyl carbamates (subject to hydrolysis) is 1. The number of rotatable bonds is 13. The molecule has 3 amide bonds. The fourth-order valence-electron chi connectivity index (χ4n) is 6.59. The van der Waals surface area contributed by atoms with Crippen LogP contribution in [0, 0.1) is 0 Å². The molecule has 13 heteroatoms. The first-order valence-electron chi connectivity index (χ1n) is 20.4. The molecule has 314 valence electrons. The van der Waals surface area contributed by atoms with E-state index in [9.17, 15) is 19.2 Å². The van der Waals surface area contributed by atoms with Crippen LogP contribution in [-0.2, 0) is 20.7 Å². The molecule has 3 N–H and O–H groups in total. The second-order valence-corrected chi connectivity index (χ2v) is 16.4. The van der Waals surface area contributed by atoms with Crippen LogP contribution in [0.3, 0.4) is 0 Å². The molecule has 12 nitrogen and oxygen atoms in total. The Morgan fingerprint density at radius 2 is 1.34 bits per heavy atom. The number of ketones is 1. The summed E-state index contributed by atoms with van der Waals surface area (Å²) in [4.78, 5) is 67.9. The monoisotopic (exact) mass is 867 g/mol. The van der Waals surface area contributed by atoms with E-state index in [1.807, 2.05) is 58.4 Å². The third kappa shape index (κ3) is 14.1. The fraction of sp³-hybridized carbons (Fsp3) is 0.413. The van der Waals surface area contributed by atoms with E-state index in [0.29, 0.717) is 59.3 Å². The number of carbonyl (C=O) groups excluding carboxylic acids is 4. The van der Waals surface area contributed by atoms with Gasteiger partial charge in [0, 0.05) is 90.1 Å². The zero-order valence-electron chi connectivity index (χ0n) is 35.4. The largest absolute Gasteiger partial charge is 0.444 e. The van der Waals surface area contributed by atoms with Crippen molar-refractivity contribution in [2.45, 2.75) is 99.0 Å². The lowest BCUT2D eigenvalue weighted by atomic mass is 10.0. The first-order chi connectivity index (χ1) is 28.1. The van der Waals surface area contributed by atoms with Crippen LogP contribution in [0.4, 0.5) is 16.2 Å². The number of pyridine rings is 1. The smallest absolute Gasteiger partial charge is 0.413 e. The zero-order chi connectivity index (χ0) is 43.1. The third-order valence-electron chi connectivity index (χ3n) is 9.09. The number of fused-ring (bicyclic) bond motifs is 2. The lowest BCUT2D eigenvalue weighted by Gasteiger charge is -2.23. The number of aliphatic imine (C=N–C) groups is 2. The van der Waals surface area contributed by atoms with Crippen LogP contribution < -0.4 is 11.1 Å². The van der Waals surface area contributed by atoms with Crippen molar-refractivity contribution in [2.75, 3.05) is 26.2 Å². The van der Waals surface area contributed by atoms with Crippen LogP contribution in [-0.4, -0.2) is 81.9 Å². The number of halogens is 1. The van der Waals surface area contributed by atoms with Gasteiger partial charge in [-0.15, -0.1) is 0 Å². The van der Waals surface area contributed by atoms with Crippen LogP contribution >= 0.6 is 15.9 Å². The highest BCUT2D eigenvalue weighted by Crippen LogP contribution is 2.31. The summed E-state index contributed by atoms with van der Waals surface area (Å²) < 4.78 is 6.23. The number of nitrogens with zero attached hydrogens (tertiary/aromatic N) is 5. The third-order valence-corrected chi connectivity index (χ3v) is 9.58. The van der Waals surface area contributed by atoms with Crippen molar-refractivity contribution in [3.63, 3.8) is 0 Å². The molecule has 1 aromatic heterocycles. The predicted octanol–water partition coefficient (Wildman–Crippen LogP) is 9.37. The molecule has 0 saturated heterocycles. The van der Waals surface area contributed by atoms with E-state index in [4.69, 9.17) is 10.5 Å². The Morgan fingerprint density at radius 1 is 0.780 bits per heavy atom. The van der Waals surface area contributed by atoms with Gasteiger partial charge in [0.2, 0.25) is 11.8 Å². The minimum atomic E-state index is -0.621. The van der Waals surface area contributed by atoms with E-state index in [-0.39, 0.29) is 30.4 Å². The average molecular weight is 869 g/mol. The summed E-state index contributed by atoms with van der Waals surface area (Å²) in [5, 5.41) is 2.73. The molecular weight excluding hydrogens is 810 g/mol. The van der Waals surface area contributed by atoms with Crippen LogP contribution in [0.5, 0.6) is 0 Å². The Balaban J connectivity index is 0.000000261. The second kappa shape index (κ2) is 22.1. The first kappa shape index (κ1) is 46.3. The molecule has 0 unspecified atom stereocenters. The molecule has 0 aliphatic carbocycles. The summed E-state index contributed by atoms with van der Waals surface area (Å²) in [6.45, 7) is 16.5. The van der Waals surface area contributed by atoms with E-state index < -0.39 is 11.7 Å². The molecule has 2 aliphatic heterocycles. The number of ether oxygens (including phenoxy) is 1. The molecule has 5 rings (SSSR count). The average Bonchev–Trinajstić information content (AvgIpc) is 3.47. The van der Waals surface area contributed by atoms with Gasteiger partial charge < -0.3 is 20.3 Å². The predicted molar refractivity (Wildman–Crippen MR) is 240 cm³/mol. The first-order valence-corrected chi connectivity index (χ1v) is 21.2. The number of aromatic nitrogens is 1. The maximum atomic E-state index is 13.2. The zero-order valence-corrected chi connectivity index (χ0v) is 37.0. The Bertz CT molecular complexity index is 2090. The number of amides is 3. The molecule has 0 bridgehead atoms. The van der Waals surface area contributed by atoms with Crippen molar-refractivity contribution in [3.05, 3.63) is 98.8 Å². The van der Waals surface area contributed by atoms with Crippen molar-refractivity contribution in [2.24, 2.45) is 15.7 Å². The summed E-state index contributed by atoms with van der Waals surface area (Å²) in [7, 11) is 0. The molecule has 0 saturated carbocycles. The Labute approximate surface area is 357 Å². The van der Waals surface area contributed by atoms with E-state index in [0.717, 1.165) is 59.9 Å². The topological polar surface area (TPSA) is 160 Å². The van der Waals surface area contributed by atoms with Gasteiger partial charge in [0.15, 0.2) is 5.78 Å². The van der Waals surface area contributed by atoms with Crippen LogP contribution in [0.25, 0.3) is 12.2 Å². The highest BCUT2D eigenvalue weighted by molar-refractivity contribution is 9.10. The standard InChI is InChI=1S/C24H28N4O2.C22H30BrN3O3/c1-3-10-28(11-4-2)24(30)20-14-18-8-7-17(12-21(18)27-23(25)15-20)13-22(29)19-6-5-9-26-16-19;1-6-10-26(11-7-2)20(27)16-12-15-8-9-17(23)14-18(15)24-19(13-16)25-21(28)29-22(3,4)5/h5-9,12,14,16H,3-4,10-11,13,15H2,1-2H3,(H2,25,27);8-9,12,14H,6-7,10-11,13H2,1-5H3,(H,24,25,28). The molecule has 2 aliphatic rings. The summed E-state index contributed by atoms with van der Waals surface area (Å²) in [6.07, 6.45) is 10.8. The Morgan fingerprint density at radius 3 is 1.88 bits per heavy atom. The normalized spacial score (nSPS) is 13.3. The lowest BCUT2D eigenvalue weighted by Crippen LogP contribution is -2.38.